The number of rotatable bonds is 19. The second kappa shape index (κ2) is 19.9. The van der Waals surface area contributed by atoms with E-state index in [1.165, 1.54) is 16.7 Å². The Morgan fingerprint density at radius 2 is 1.29 bits per heavy atom. The molecular weight excluding hydrogens is 640 g/mol. The number of carbonyl (C=O) groups is 2. The van der Waals surface area contributed by atoms with Gasteiger partial charge in [0, 0.05) is 23.3 Å². The number of aliphatic hydroxyl groups excluding tert-OH is 1. The Bertz CT molecular complexity index is 1630. The van der Waals surface area contributed by atoms with Gasteiger partial charge in [-0.1, -0.05) is 82.3 Å². The fourth-order valence-corrected chi connectivity index (χ4v) is 6.61. The third-order valence-corrected chi connectivity index (χ3v) is 9.65. The van der Waals surface area contributed by atoms with Crippen molar-refractivity contribution in [2.75, 3.05) is 33.0 Å². The zero-order chi connectivity index (χ0) is 36.8. The summed E-state index contributed by atoms with van der Waals surface area (Å²) in [6.07, 6.45) is 9.33. The Kier molecular flexibility index (Phi) is 15.4. The third-order valence-electron chi connectivity index (χ3n) is 9.65. The molecule has 0 aromatic heterocycles. The van der Waals surface area contributed by atoms with Gasteiger partial charge in [0.05, 0.1) is 0 Å². The molecule has 0 bridgehead atoms. The molecule has 1 N–H and O–H groups in total. The molecule has 3 aromatic carbocycles. The van der Waals surface area contributed by atoms with Crippen molar-refractivity contribution < 1.29 is 33.6 Å². The molecule has 1 aliphatic carbocycles. The molecule has 7 nitrogen and oxygen atoms in total. The van der Waals surface area contributed by atoms with Crippen molar-refractivity contribution >= 4 is 11.9 Å². The summed E-state index contributed by atoms with van der Waals surface area (Å²) in [5, 5.41) is 9.57. The van der Waals surface area contributed by atoms with Crippen LogP contribution in [-0.4, -0.2) is 50.1 Å². The van der Waals surface area contributed by atoms with Crippen LogP contribution in [0.4, 0.5) is 0 Å². The number of ether oxygens (including phenoxy) is 4. The Balaban J connectivity index is 1.62. The zero-order valence-corrected chi connectivity index (χ0v) is 31.1. The smallest absolute Gasteiger partial charge is 0.333 e. The van der Waals surface area contributed by atoms with E-state index in [-0.39, 0.29) is 26.4 Å². The zero-order valence-electron chi connectivity index (χ0n) is 31.1. The van der Waals surface area contributed by atoms with Crippen molar-refractivity contribution in [3.8, 4) is 33.8 Å². The molecule has 1 aliphatic rings. The van der Waals surface area contributed by atoms with Crippen molar-refractivity contribution in [2.24, 2.45) is 5.92 Å². The number of esters is 2. The number of benzene rings is 3. The number of hydrogen-bond donors (Lipinski definition) is 1. The van der Waals surface area contributed by atoms with Gasteiger partial charge in [0.1, 0.15) is 37.9 Å². The van der Waals surface area contributed by atoms with Gasteiger partial charge in [0.25, 0.3) is 0 Å². The first-order valence-electron chi connectivity index (χ1n) is 18.6. The topological polar surface area (TPSA) is 91.3 Å². The van der Waals surface area contributed by atoms with Crippen LogP contribution in [-0.2, 0) is 31.9 Å². The van der Waals surface area contributed by atoms with Crippen molar-refractivity contribution in [1.82, 2.24) is 0 Å². The molecule has 0 radical (unpaired) electrons. The first kappa shape index (κ1) is 39.4. The summed E-state index contributed by atoms with van der Waals surface area (Å²) in [5.74, 6) is 1.51. The summed E-state index contributed by atoms with van der Waals surface area (Å²) in [6, 6.07) is 19.5. The van der Waals surface area contributed by atoms with E-state index in [4.69, 9.17) is 18.9 Å². The minimum Gasteiger partial charge on any atom is -0.490 e. The van der Waals surface area contributed by atoms with Gasteiger partial charge in [-0.3, -0.25) is 0 Å². The van der Waals surface area contributed by atoms with Crippen LogP contribution in [0.1, 0.15) is 95.2 Å². The van der Waals surface area contributed by atoms with Crippen molar-refractivity contribution in [1.29, 1.82) is 0 Å². The van der Waals surface area contributed by atoms with Crippen LogP contribution in [0, 0.1) is 5.92 Å². The summed E-state index contributed by atoms with van der Waals surface area (Å²) >= 11 is 0. The Labute approximate surface area is 304 Å². The maximum Gasteiger partial charge on any atom is 0.333 e. The molecule has 0 unspecified atom stereocenters. The molecule has 0 atom stereocenters. The van der Waals surface area contributed by atoms with Crippen LogP contribution in [0.2, 0.25) is 0 Å². The molecule has 1 saturated carbocycles. The van der Waals surface area contributed by atoms with E-state index in [2.05, 4.69) is 69.5 Å². The summed E-state index contributed by atoms with van der Waals surface area (Å²) in [7, 11) is 0. The SMILES string of the molecule is C=C(C)C(=O)OCCOc1cc(-c2ccc(-c3ccc(C4CCC(CO)CC4)cc3CC)cc2)c(OCCOC(=O)C(=C)C)cc1CCCCC. The van der Waals surface area contributed by atoms with E-state index in [0.717, 1.165) is 85.8 Å². The maximum atomic E-state index is 12.0. The molecule has 0 heterocycles. The van der Waals surface area contributed by atoms with E-state index in [0.29, 0.717) is 35.3 Å². The molecule has 274 valence electrons. The fraction of sp³-hybridized carbons (Fsp3) is 0.455. The quantitative estimate of drug-likeness (QED) is 0.0758. The second-order valence-electron chi connectivity index (χ2n) is 13.7. The van der Waals surface area contributed by atoms with Gasteiger partial charge < -0.3 is 24.1 Å². The van der Waals surface area contributed by atoms with Crippen molar-refractivity contribution in [3.05, 3.63) is 95.6 Å². The molecule has 51 heavy (non-hydrogen) atoms. The lowest BCUT2D eigenvalue weighted by atomic mass is 9.78. The van der Waals surface area contributed by atoms with Gasteiger partial charge in [-0.25, -0.2) is 9.59 Å². The minimum absolute atomic E-state index is 0.0975. The number of hydrogen-bond acceptors (Lipinski definition) is 7. The Hall–Kier alpha value is -4.36. The lowest BCUT2D eigenvalue weighted by Crippen LogP contribution is -2.16. The monoisotopic (exact) mass is 696 g/mol. The van der Waals surface area contributed by atoms with Crippen molar-refractivity contribution in [2.45, 2.75) is 91.4 Å². The highest BCUT2D eigenvalue weighted by Gasteiger charge is 2.23. The van der Waals surface area contributed by atoms with Gasteiger partial charge in [0.15, 0.2) is 0 Å². The second-order valence-corrected chi connectivity index (χ2v) is 13.7. The average molecular weight is 697 g/mol. The summed E-state index contributed by atoms with van der Waals surface area (Å²) in [4.78, 5) is 23.9. The normalized spacial score (nSPS) is 15.5. The number of aliphatic hydroxyl groups is 1. The van der Waals surface area contributed by atoms with Gasteiger partial charge >= 0.3 is 11.9 Å². The predicted octanol–water partition coefficient (Wildman–Crippen LogP) is 9.58. The maximum absolute atomic E-state index is 12.0. The van der Waals surface area contributed by atoms with Gasteiger partial charge in [-0.2, -0.15) is 0 Å². The number of aryl methyl sites for hydroxylation is 2. The Morgan fingerprint density at radius 3 is 1.84 bits per heavy atom. The lowest BCUT2D eigenvalue weighted by molar-refractivity contribution is -0.140. The molecule has 0 aliphatic heterocycles. The van der Waals surface area contributed by atoms with Gasteiger partial charge in [-0.15, -0.1) is 0 Å². The first-order chi connectivity index (χ1) is 24.6. The highest BCUT2D eigenvalue weighted by molar-refractivity contribution is 5.87. The van der Waals surface area contributed by atoms with Crippen LogP contribution >= 0.6 is 0 Å². The van der Waals surface area contributed by atoms with Crippen LogP contribution in [0.5, 0.6) is 11.5 Å². The van der Waals surface area contributed by atoms with E-state index in [1.54, 1.807) is 13.8 Å². The average Bonchev–Trinajstić information content (AvgIpc) is 3.15. The molecule has 3 aromatic rings. The fourth-order valence-electron chi connectivity index (χ4n) is 6.61. The summed E-state index contributed by atoms with van der Waals surface area (Å²) < 4.78 is 23.1. The lowest BCUT2D eigenvalue weighted by Gasteiger charge is -2.28. The Morgan fingerprint density at radius 1 is 0.706 bits per heavy atom. The van der Waals surface area contributed by atoms with Gasteiger partial charge in [0.2, 0.25) is 0 Å². The van der Waals surface area contributed by atoms with E-state index in [9.17, 15) is 14.7 Å². The summed E-state index contributed by atoms with van der Waals surface area (Å²) in [6.45, 7) is 15.8. The molecule has 0 spiro atoms. The van der Waals surface area contributed by atoms with Gasteiger partial charge in [-0.05, 0) is 116 Å². The molecule has 7 heteroatoms. The number of carbonyl (C=O) groups excluding carboxylic acids is 2. The van der Waals surface area contributed by atoms with Crippen LogP contribution in [0.3, 0.4) is 0 Å². The van der Waals surface area contributed by atoms with E-state index < -0.39 is 11.9 Å². The molecule has 0 amide bonds. The van der Waals surface area contributed by atoms with Crippen LogP contribution in [0.25, 0.3) is 22.3 Å². The van der Waals surface area contributed by atoms with Crippen LogP contribution in [0.15, 0.2) is 78.9 Å². The third kappa shape index (κ3) is 11.3. The molecular formula is C44H56O7. The van der Waals surface area contributed by atoms with E-state index >= 15 is 0 Å². The van der Waals surface area contributed by atoms with Crippen LogP contribution < -0.4 is 9.47 Å². The largest absolute Gasteiger partial charge is 0.490 e. The van der Waals surface area contributed by atoms with Crippen molar-refractivity contribution in [3.63, 3.8) is 0 Å². The summed E-state index contributed by atoms with van der Waals surface area (Å²) in [5.41, 5.74) is 8.61. The predicted molar refractivity (Wildman–Crippen MR) is 204 cm³/mol. The highest BCUT2D eigenvalue weighted by atomic mass is 16.6. The molecule has 0 saturated heterocycles. The minimum atomic E-state index is -0.445. The first-order valence-corrected chi connectivity index (χ1v) is 18.6. The molecule has 1 fully saturated rings. The highest BCUT2D eigenvalue weighted by Crippen LogP contribution is 2.40. The van der Waals surface area contributed by atoms with E-state index in [1.807, 2.05) is 12.1 Å². The molecule has 4 rings (SSSR count). The standard InChI is InChI=1S/C44H56O7/c1-7-9-10-11-38-27-42(49-23-25-51-44(47)31(5)6)40(28-41(38)48-22-24-50-43(46)30(3)4)36-18-16-35(17-19-36)39-21-20-37(26-33(39)8-2)34-14-12-32(29-45)13-15-34/h16-21,26-28,32,34,45H,3,5,7-15,22-25,29H2,1-2,4,6H3. The number of unbranched alkanes of at least 4 members (excludes halogenated alkanes) is 2.